The van der Waals surface area contributed by atoms with Gasteiger partial charge in [-0.2, -0.15) is 0 Å². The maximum Gasteiger partial charge on any atom is 0.304 e. The van der Waals surface area contributed by atoms with E-state index in [0.29, 0.717) is 12.1 Å². The van der Waals surface area contributed by atoms with Crippen molar-refractivity contribution >= 4 is 5.97 Å². The molecule has 1 rings (SSSR count). The lowest BCUT2D eigenvalue weighted by Gasteiger charge is -2.25. The number of hydrogen-bond donors (Lipinski definition) is 3. The fourth-order valence-electron chi connectivity index (χ4n) is 1.66. The lowest BCUT2D eigenvalue weighted by Crippen LogP contribution is -2.25. The van der Waals surface area contributed by atoms with Crippen molar-refractivity contribution in [2.75, 3.05) is 13.6 Å². The quantitative estimate of drug-likeness (QED) is 0.726. The molecule has 0 radical (unpaired) electrons. The smallest absolute Gasteiger partial charge is 0.304 e. The maximum absolute atomic E-state index is 10.5. The van der Waals surface area contributed by atoms with Crippen LogP contribution < -0.4 is 0 Å². The molecule has 1 unspecified atom stereocenters. The minimum absolute atomic E-state index is 0.0136. The first-order valence-corrected chi connectivity index (χ1v) is 5.36. The Morgan fingerprint density at radius 1 is 1.35 bits per heavy atom. The fraction of sp³-hybridized carbons (Fsp3) is 0.417. The van der Waals surface area contributed by atoms with E-state index in [4.69, 9.17) is 5.11 Å². The largest absolute Gasteiger partial charge is 0.507 e. The Hall–Kier alpha value is -1.75. The van der Waals surface area contributed by atoms with Gasteiger partial charge in [-0.3, -0.25) is 9.69 Å². The van der Waals surface area contributed by atoms with Crippen LogP contribution in [0, 0.1) is 0 Å². The Labute approximate surface area is 99.9 Å². The lowest BCUT2D eigenvalue weighted by atomic mass is 10.0. The molecule has 0 saturated carbocycles. The second-order valence-electron chi connectivity index (χ2n) is 4.01. The number of benzene rings is 1. The van der Waals surface area contributed by atoms with Gasteiger partial charge in [0.25, 0.3) is 0 Å². The predicted molar refractivity (Wildman–Crippen MR) is 63.1 cm³/mol. The summed E-state index contributed by atoms with van der Waals surface area (Å²) in [6, 6.07) is 4.29. The summed E-state index contributed by atoms with van der Waals surface area (Å²) in [5.74, 6) is -0.843. The van der Waals surface area contributed by atoms with Crippen LogP contribution in [-0.4, -0.2) is 39.8 Å². The van der Waals surface area contributed by atoms with Crippen LogP contribution >= 0.6 is 0 Å². The van der Waals surface area contributed by atoms with E-state index >= 15 is 0 Å². The van der Waals surface area contributed by atoms with Gasteiger partial charge < -0.3 is 15.3 Å². The van der Waals surface area contributed by atoms with Crippen LogP contribution in [0.5, 0.6) is 11.5 Å². The summed E-state index contributed by atoms with van der Waals surface area (Å²) in [6.07, 6.45) is 0.0230. The summed E-state index contributed by atoms with van der Waals surface area (Å²) < 4.78 is 0. The third-order valence-corrected chi connectivity index (χ3v) is 2.82. The summed E-state index contributed by atoms with van der Waals surface area (Å²) in [6.45, 7) is 2.15. The minimum atomic E-state index is -0.870. The highest BCUT2D eigenvalue weighted by molar-refractivity contribution is 5.66. The molecule has 0 aliphatic heterocycles. The van der Waals surface area contributed by atoms with Crippen molar-refractivity contribution < 1.29 is 20.1 Å². The van der Waals surface area contributed by atoms with Crippen molar-refractivity contribution in [1.29, 1.82) is 0 Å². The number of hydrogen-bond acceptors (Lipinski definition) is 4. The Bertz CT molecular complexity index is 385. The van der Waals surface area contributed by atoms with E-state index in [1.165, 1.54) is 12.1 Å². The van der Waals surface area contributed by atoms with Crippen molar-refractivity contribution in [3.63, 3.8) is 0 Å². The average Bonchev–Trinajstić information content (AvgIpc) is 2.25. The summed E-state index contributed by atoms with van der Waals surface area (Å²) in [5.41, 5.74) is 0.417. The first kappa shape index (κ1) is 13.3. The topological polar surface area (TPSA) is 81.0 Å². The molecule has 17 heavy (non-hydrogen) atoms. The molecule has 94 valence electrons. The molecule has 0 amide bonds. The number of rotatable bonds is 5. The number of carboxylic acids is 1. The summed E-state index contributed by atoms with van der Waals surface area (Å²) in [5, 5.41) is 28.0. The maximum atomic E-state index is 10.5. The van der Waals surface area contributed by atoms with Crippen LogP contribution in [-0.2, 0) is 4.79 Å². The highest BCUT2D eigenvalue weighted by atomic mass is 16.4. The molecule has 1 aromatic carbocycles. The third kappa shape index (κ3) is 3.35. The monoisotopic (exact) mass is 239 g/mol. The molecule has 0 aliphatic rings. The molecule has 5 heteroatoms. The Kier molecular flexibility index (Phi) is 4.34. The molecule has 0 heterocycles. The highest BCUT2D eigenvalue weighted by Crippen LogP contribution is 2.34. The van der Waals surface area contributed by atoms with E-state index in [9.17, 15) is 15.0 Å². The normalized spacial score (nSPS) is 12.6. The molecule has 1 atom stereocenters. The SMILES string of the molecule is CC(c1c(O)cccc1O)N(C)CCC(=O)O. The van der Waals surface area contributed by atoms with Gasteiger partial charge in [0.2, 0.25) is 0 Å². The van der Waals surface area contributed by atoms with Gasteiger partial charge in [0.1, 0.15) is 11.5 Å². The molecule has 0 aliphatic carbocycles. The van der Waals surface area contributed by atoms with Gasteiger partial charge in [-0.15, -0.1) is 0 Å². The van der Waals surface area contributed by atoms with Crippen molar-refractivity contribution in [1.82, 2.24) is 4.90 Å². The van der Waals surface area contributed by atoms with E-state index in [-0.39, 0.29) is 24.0 Å². The van der Waals surface area contributed by atoms with Gasteiger partial charge in [0, 0.05) is 12.6 Å². The van der Waals surface area contributed by atoms with Gasteiger partial charge in [-0.05, 0) is 26.1 Å². The van der Waals surface area contributed by atoms with Crippen LogP contribution in [0.1, 0.15) is 24.9 Å². The minimum Gasteiger partial charge on any atom is -0.507 e. The molecule has 0 saturated heterocycles. The van der Waals surface area contributed by atoms with Crippen LogP contribution in [0.25, 0.3) is 0 Å². The van der Waals surface area contributed by atoms with Crippen LogP contribution in [0.2, 0.25) is 0 Å². The first-order valence-electron chi connectivity index (χ1n) is 5.36. The zero-order valence-electron chi connectivity index (χ0n) is 9.92. The Morgan fingerprint density at radius 3 is 2.35 bits per heavy atom. The Morgan fingerprint density at radius 2 is 1.88 bits per heavy atom. The van der Waals surface area contributed by atoms with Crippen molar-refractivity contribution in [2.24, 2.45) is 0 Å². The van der Waals surface area contributed by atoms with E-state index in [1.807, 2.05) is 0 Å². The molecule has 0 bridgehead atoms. The molecule has 0 fully saturated rings. The van der Waals surface area contributed by atoms with Gasteiger partial charge in [-0.25, -0.2) is 0 Å². The number of phenolic OH excluding ortho intramolecular Hbond substituents is 2. The summed E-state index contributed by atoms with van der Waals surface area (Å²) >= 11 is 0. The number of aliphatic carboxylic acids is 1. The number of carboxylic acid groups (broad SMARTS) is 1. The van der Waals surface area contributed by atoms with E-state index < -0.39 is 5.97 Å². The van der Waals surface area contributed by atoms with E-state index in [1.54, 1.807) is 24.9 Å². The second kappa shape index (κ2) is 5.54. The van der Waals surface area contributed by atoms with E-state index in [0.717, 1.165) is 0 Å². The number of nitrogens with zero attached hydrogens (tertiary/aromatic N) is 1. The van der Waals surface area contributed by atoms with Gasteiger partial charge in [0.15, 0.2) is 0 Å². The molecular weight excluding hydrogens is 222 g/mol. The molecule has 1 aromatic rings. The van der Waals surface area contributed by atoms with Crippen LogP contribution in [0.3, 0.4) is 0 Å². The van der Waals surface area contributed by atoms with Gasteiger partial charge >= 0.3 is 5.97 Å². The zero-order valence-corrected chi connectivity index (χ0v) is 9.92. The molecular formula is C12H17NO4. The molecule has 0 aromatic heterocycles. The van der Waals surface area contributed by atoms with Crippen LogP contribution in [0.4, 0.5) is 0 Å². The second-order valence-corrected chi connectivity index (χ2v) is 4.01. The molecule has 3 N–H and O–H groups in total. The van der Waals surface area contributed by atoms with Crippen LogP contribution in [0.15, 0.2) is 18.2 Å². The third-order valence-electron chi connectivity index (χ3n) is 2.82. The summed E-state index contributed by atoms with van der Waals surface area (Å²) in [7, 11) is 1.75. The first-order chi connectivity index (χ1) is 7.93. The van der Waals surface area contributed by atoms with Gasteiger partial charge in [-0.1, -0.05) is 6.07 Å². The van der Waals surface area contributed by atoms with Crippen molar-refractivity contribution in [2.45, 2.75) is 19.4 Å². The predicted octanol–water partition coefficient (Wildman–Crippen LogP) is 1.57. The number of carbonyl (C=O) groups is 1. The lowest BCUT2D eigenvalue weighted by molar-refractivity contribution is -0.137. The standard InChI is InChI=1S/C12H17NO4/c1-8(13(2)7-6-11(16)17)12-9(14)4-3-5-10(12)15/h3-5,8,14-15H,6-7H2,1-2H3,(H,16,17). The number of phenols is 2. The number of aromatic hydroxyl groups is 2. The fourth-order valence-corrected chi connectivity index (χ4v) is 1.66. The average molecular weight is 239 g/mol. The Balaban J connectivity index is 2.81. The zero-order chi connectivity index (χ0) is 13.0. The highest BCUT2D eigenvalue weighted by Gasteiger charge is 2.19. The van der Waals surface area contributed by atoms with Crippen molar-refractivity contribution in [3.05, 3.63) is 23.8 Å². The molecule has 5 nitrogen and oxygen atoms in total. The molecule has 0 spiro atoms. The summed E-state index contributed by atoms with van der Waals surface area (Å²) in [4.78, 5) is 12.2. The van der Waals surface area contributed by atoms with Crippen molar-refractivity contribution in [3.8, 4) is 11.5 Å². The van der Waals surface area contributed by atoms with Gasteiger partial charge in [0.05, 0.1) is 12.0 Å². The van der Waals surface area contributed by atoms with E-state index in [2.05, 4.69) is 0 Å².